The first-order valence-electron chi connectivity index (χ1n) is 14.0. The van der Waals surface area contributed by atoms with Crippen molar-refractivity contribution in [3.05, 3.63) is 29.6 Å². The Hall–Kier alpha value is -2.39. The molecule has 9 heteroatoms. The fraction of sp³-hybridized carbons (Fsp3) is 0.714. The highest BCUT2D eigenvalue weighted by Gasteiger charge is 2.49. The molecule has 4 saturated heterocycles. The number of halogens is 1. The zero-order chi connectivity index (χ0) is 25.6. The molecule has 1 saturated carbocycles. The number of rotatable bonds is 3. The van der Waals surface area contributed by atoms with Gasteiger partial charge in [-0.15, -0.1) is 0 Å². The van der Waals surface area contributed by atoms with Crippen LogP contribution >= 0.6 is 0 Å². The fourth-order valence-electron chi connectivity index (χ4n) is 7.42. The van der Waals surface area contributed by atoms with Gasteiger partial charge in [-0.05, 0) is 88.2 Å². The molecular weight excluding hydrogens is 477 g/mol. The van der Waals surface area contributed by atoms with Gasteiger partial charge in [0.2, 0.25) is 0 Å². The molecule has 204 valence electrons. The van der Waals surface area contributed by atoms with Crippen LogP contribution in [0, 0.1) is 11.7 Å². The minimum Gasteiger partial charge on any atom is -0.450 e. The number of anilines is 1. The number of ether oxygens (including phenoxy) is 3. The first-order valence-corrected chi connectivity index (χ1v) is 14.0. The molecule has 5 aliphatic heterocycles. The van der Waals surface area contributed by atoms with Gasteiger partial charge < -0.3 is 24.0 Å². The highest BCUT2D eigenvalue weighted by molar-refractivity contribution is 5.91. The van der Waals surface area contributed by atoms with Crippen molar-refractivity contribution in [2.24, 2.45) is 5.92 Å². The lowest BCUT2D eigenvalue weighted by Crippen LogP contribution is -2.50. The van der Waals surface area contributed by atoms with Gasteiger partial charge >= 0.3 is 12.2 Å². The van der Waals surface area contributed by atoms with Crippen LogP contribution in [0.25, 0.3) is 0 Å². The van der Waals surface area contributed by atoms with E-state index in [0.717, 1.165) is 63.0 Å². The summed E-state index contributed by atoms with van der Waals surface area (Å²) in [4.78, 5) is 31.9. The smallest absolute Gasteiger partial charge is 0.414 e. The molecule has 0 radical (unpaired) electrons. The van der Waals surface area contributed by atoms with Crippen LogP contribution < -0.4 is 4.90 Å². The minimum absolute atomic E-state index is 0. The molecule has 2 bridgehead atoms. The molecular formula is C28H40FN3O5. The van der Waals surface area contributed by atoms with Gasteiger partial charge in [0.05, 0.1) is 25.5 Å². The van der Waals surface area contributed by atoms with Gasteiger partial charge in [-0.25, -0.2) is 14.0 Å². The molecule has 5 fully saturated rings. The van der Waals surface area contributed by atoms with E-state index in [0.29, 0.717) is 44.7 Å². The summed E-state index contributed by atoms with van der Waals surface area (Å²) in [6.07, 6.45) is 6.01. The van der Waals surface area contributed by atoms with Crippen molar-refractivity contribution >= 4 is 17.9 Å². The highest BCUT2D eigenvalue weighted by atomic mass is 19.1. The second-order valence-corrected chi connectivity index (χ2v) is 11.5. The maximum Gasteiger partial charge on any atom is 0.414 e. The standard InChI is InChI=1S/C28H38FN3O5.H2/c1-2-36-26(33)31-16-19-3-5-21(31)15-22(13-19)30-10-8-28(9-11-30)18-32(25-6-4-20(29)14-24(25)28)27(34)37-23-7-12-35-17-23;/h4,6,14,19,21-23H,2-3,5,7-13,15-18H2,1H3;1H/t19?,21?,22?,23-;/m0./s1. The lowest BCUT2D eigenvalue weighted by molar-refractivity contribution is 0.0660. The average Bonchev–Trinajstić information content (AvgIpc) is 3.39. The Kier molecular flexibility index (Phi) is 6.77. The number of benzene rings is 1. The highest BCUT2D eigenvalue weighted by Crippen LogP contribution is 2.48. The van der Waals surface area contributed by atoms with E-state index in [1.807, 2.05) is 11.8 Å². The molecule has 3 unspecified atom stereocenters. The monoisotopic (exact) mass is 517 g/mol. The molecule has 6 aliphatic rings. The van der Waals surface area contributed by atoms with Crippen molar-refractivity contribution in [3.8, 4) is 0 Å². The van der Waals surface area contributed by atoms with Gasteiger partial charge in [0.25, 0.3) is 0 Å². The van der Waals surface area contributed by atoms with Gasteiger partial charge in [0.1, 0.15) is 11.9 Å². The molecule has 8 nitrogen and oxygen atoms in total. The van der Waals surface area contributed by atoms with Gasteiger partial charge in [-0.3, -0.25) is 4.90 Å². The van der Waals surface area contributed by atoms with Crippen molar-refractivity contribution in [3.63, 3.8) is 0 Å². The quantitative estimate of drug-likeness (QED) is 0.586. The Morgan fingerprint density at radius 2 is 1.97 bits per heavy atom. The lowest BCUT2D eigenvalue weighted by Gasteiger charge is -2.43. The first-order chi connectivity index (χ1) is 18.0. The zero-order valence-corrected chi connectivity index (χ0v) is 21.7. The molecule has 2 amide bonds. The Bertz CT molecular complexity index is 1030. The van der Waals surface area contributed by atoms with Gasteiger partial charge in [0, 0.05) is 38.4 Å². The molecule has 1 aromatic carbocycles. The molecule has 1 aromatic rings. The molecule has 1 spiro atoms. The summed E-state index contributed by atoms with van der Waals surface area (Å²) in [6.45, 7) is 6.44. The number of hydrogen-bond acceptors (Lipinski definition) is 6. The minimum atomic E-state index is -0.359. The van der Waals surface area contributed by atoms with Crippen molar-refractivity contribution in [2.45, 2.75) is 75.5 Å². The second-order valence-electron chi connectivity index (χ2n) is 11.5. The van der Waals surface area contributed by atoms with Crippen LogP contribution in [-0.4, -0.2) is 86.2 Å². The number of carbonyl (C=O) groups excluding carboxylic acids is 2. The predicted octanol–water partition coefficient (Wildman–Crippen LogP) is 4.55. The van der Waals surface area contributed by atoms with Crippen LogP contribution in [0.2, 0.25) is 0 Å². The molecule has 4 atom stereocenters. The Morgan fingerprint density at radius 3 is 2.73 bits per heavy atom. The van der Waals surface area contributed by atoms with Crippen molar-refractivity contribution in [1.82, 2.24) is 9.80 Å². The van der Waals surface area contributed by atoms with E-state index in [1.54, 1.807) is 17.0 Å². The summed E-state index contributed by atoms with van der Waals surface area (Å²) in [5, 5.41) is 0. The number of carbonyl (C=O) groups is 2. The molecule has 1 aliphatic carbocycles. The number of fused-ring (bicyclic) bond motifs is 6. The summed E-state index contributed by atoms with van der Waals surface area (Å²) in [5.74, 6) is 0.245. The van der Waals surface area contributed by atoms with E-state index in [1.165, 1.54) is 12.5 Å². The van der Waals surface area contributed by atoms with Crippen LogP contribution in [-0.2, 0) is 19.6 Å². The number of likely N-dealkylation sites (tertiary alicyclic amines) is 1. The van der Waals surface area contributed by atoms with E-state index in [2.05, 4.69) is 4.90 Å². The maximum absolute atomic E-state index is 14.4. The Labute approximate surface area is 219 Å². The topological polar surface area (TPSA) is 71.6 Å². The zero-order valence-electron chi connectivity index (χ0n) is 21.7. The van der Waals surface area contributed by atoms with E-state index in [9.17, 15) is 14.0 Å². The predicted molar refractivity (Wildman–Crippen MR) is 137 cm³/mol. The number of piperidine rings is 2. The number of hydrogen-bond donors (Lipinski definition) is 0. The SMILES string of the molecule is CCOC(=O)N1CC2CCC1CC(N1CCC3(CC1)CN(C(=O)O[C@H]1CCOC1)c1ccc(F)cc13)C2.[HH]. The van der Waals surface area contributed by atoms with E-state index in [4.69, 9.17) is 14.2 Å². The number of nitrogens with zero attached hydrogens (tertiary/aromatic N) is 3. The summed E-state index contributed by atoms with van der Waals surface area (Å²) in [7, 11) is 0. The van der Waals surface area contributed by atoms with E-state index in [-0.39, 0.29) is 37.0 Å². The Morgan fingerprint density at radius 1 is 1.14 bits per heavy atom. The summed E-state index contributed by atoms with van der Waals surface area (Å²) < 4.78 is 30.9. The van der Waals surface area contributed by atoms with Crippen molar-refractivity contribution in [1.29, 1.82) is 0 Å². The van der Waals surface area contributed by atoms with Crippen LogP contribution in [0.5, 0.6) is 0 Å². The van der Waals surface area contributed by atoms with Gasteiger partial charge in [0.15, 0.2) is 0 Å². The van der Waals surface area contributed by atoms with Crippen LogP contribution in [0.3, 0.4) is 0 Å². The largest absolute Gasteiger partial charge is 0.450 e. The summed E-state index contributed by atoms with van der Waals surface area (Å²) in [6, 6.07) is 5.46. The third-order valence-electron chi connectivity index (χ3n) is 9.38. The normalized spacial score (nSPS) is 30.9. The van der Waals surface area contributed by atoms with Gasteiger partial charge in [-0.2, -0.15) is 0 Å². The number of amides is 2. The van der Waals surface area contributed by atoms with Gasteiger partial charge in [-0.1, -0.05) is 0 Å². The van der Waals surface area contributed by atoms with Crippen molar-refractivity contribution in [2.75, 3.05) is 50.9 Å². The molecule has 5 heterocycles. The first kappa shape index (κ1) is 24.9. The molecule has 37 heavy (non-hydrogen) atoms. The third kappa shape index (κ3) is 4.69. The molecule has 0 aromatic heterocycles. The fourth-order valence-corrected chi connectivity index (χ4v) is 7.42. The lowest BCUT2D eigenvalue weighted by atomic mass is 9.74. The van der Waals surface area contributed by atoms with Crippen molar-refractivity contribution < 1.29 is 29.6 Å². The van der Waals surface area contributed by atoms with E-state index >= 15 is 0 Å². The third-order valence-corrected chi connectivity index (χ3v) is 9.38. The average molecular weight is 518 g/mol. The summed E-state index contributed by atoms with van der Waals surface area (Å²) >= 11 is 0. The molecule has 0 N–H and O–H groups in total. The van der Waals surface area contributed by atoms with E-state index < -0.39 is 0 Å². The van der Waals surface area contributed by atoms with Crippen LogP contribution in [0.4, 0.5) is 19.7 Å². The second kappa shape index (κ2) is 10.1. The maximum atomic E-state index is 14.4. The van der Waals surface area contributed by atoms with Crippen LogP contribution in [0.15, 0.2) is 18.2 Å². The Balaban J connectivity index is 0.00000294. The van der Waals surface area contributed by atoms with Crippen LogP contribution in [0.1, 0.15) is 58.9 Å². The molecule has 7 rings (SSSR count). The summed E-state index contributed by atoms with van der Waals surface area (Å²) in [5.41, 5.74) is 1.44.